The van der Waals surface area contributed by atoms with Gasteiger partial charge in [-0.2, -0.15) is 0 Å². The Balaban J connectivity index is 1.93. The van der Waals surface area contributed by atoms with E-state index in [2.05, 4.69) is 24.3 Å². The van der Waals surface area contributed by atoms with E-state index < -0.39 is 0 Å². The van der Waals surface area contributed by atoms with Crippen molar-refractivity contribution < 1.29 is 0 Å². The summed E-state index contributed by atoms with van der Waals surface area (Å²) < 4.78 is 0. The van der Waals surface area contributed by atoms with Gasteiger partial charge >= 0.3 is 0 Å². The Morgan fingerprint density at radius 3 is 2.38 bits per heavy atom. The molecule has 0 spiro atoms. The maximum absolute atomic E-state index is 2.46. The standard InChI is InChI=1S/C16H20/c1-2-6-13(7-3-1)16-11-10-14-8-4-5-9-15(14)12-16/h6,10-12H,1-5,7-9H2. The van der Waals surface area contributed by atoms with E-state index in [9.17, 15) is 0 Å². The minimum atomic E-state index is 1.28. The van der Waals surface area contributed by atoms with Gasteiger partial charge in [0, 0.05) is 0 Å². The average molecular weight is 212 g/mol. The molecule has 2 aliphatic carbocycles. The fourth-order valence-corrected chi connectivity index (χ4v) is 3.03. The summed E-state index contributed by atoms with van der Waals surface area (Å²) in [5.41, 5.74) is 6.32. The van der Waals surface area contributed by atoms with E-state index in [-0.39, 0.29) is 0 Å². The molecule has 0 N–H and O–H groups in total. The second-order valence-corrected chi connectivity index (χ2v) is 5.17. The average Bonchev–Trinajstić information content (AvgIpc) is 2.39. The van der Waals surface area contributed by atoms with E-state index in [4.69, 9.17) is 0 Å². The summed E-state index contributed by atoms with van der Waals surface area (Å²) in [6, 6.07) is 7.19. The molecule has 0 atom stereocenters. The van der Waals surface area contributed by atoms with Crippen LogP contribution in [0.5, 0.6) is 0 Å². The Bertz CT molecular complexity index is 412. The van der Waals surface area contributed by atoms with Gasteiger partial charge < -0.3 is 0 Å². The van der Waals surface area contributed by atoms with Crippen LogP contribution in [0.1, 0.15) is 55.2 Å². The molecule has 0 heterocycles. The second kappa shape index (κ2) is 4.45. The van der Waals surface area contributed by atoms with Crippen LogP contribution < -0.4 is 0 Å². The van der Waals surface area contributed by atoms with Crippen molar-refractivity contribution in [3.05, 3.63) is 41.0 Å². The van der Waals surface area contributed by atoms with Crippen molar-refractivity contribution in [2.75, 3.05) is 0 Å². The summed E-state index contributed by atoms with van der Waals surface area (Å²) in [5, 5.41) is 0. The maximum Gasteiger partial charge on any atom is -0.0225 e. The van der Waals surface area contributed by atoms with Crippen molar-refractivity contribution >= 4 is 5.57 Å². The third kappa shape index (κ3) is 1.93. The van der Waals surface area contributed by atoms with Crippen LogP contribution in [-0.2, 0) is 12.8 Å². The van der Waals surface area contributed by atoms with Crippen molar-refractivity contribution in [1.82, 2.24) is 0 Å². The molecule has 0 heteroatoms. The van der Waals surface area contributed by atoms with Crippen LogP contribution in [0.3, 0.4) is 0 Å². The topological polar surface area (TPSA) is 0 Å². The van der Waals surface area contributed by atoms with Crippen LogP contribution in [0.25, 0.3) is 5.57 Å². The molecule has 0 amide bonds. The third-order valence-electron chi connectivity index (χ3n) is 4.01. The second-order valence-electron chi connectivity index (χ2n) is 5.17. The van der Waals surface area contributed by atoms with Gasteiger partial charge in [-0.3, -0.25) is 0 Å². The van der Waals surface area contributed by atoms with Gasteiger partial charge in [-0.05, 0) is 73.6 Å². The first-order valence-electron chi connectivity index (χ1n) is 6.75. The van der Waals surface area contributed by atoms with Crippen molar-refractivity contribution in [3.63, 3.8) is 0 Å². The summed E-state index contributed by atoms with van der Waals surface area (Å²) in [6.07, 6.45) is 13.2. The zero-order chi connectivity index (χ0) is 10.8. The van der Waals surface area contributed by atoms with E-state index in [1.165, 1.54) is 56.9 Å². The first-order chi connectivity index (χ1) is 7.93. The lowest BCUT2D eigenvalue weighted by molar-refractivity contribution is 0.685. The van der Waals surface area contributed by atoms with Gasteiger partial charge in [0.1, 0.15) is 0 Å². The number of hydrogen-bond donors (Lipinski definition) is 0. The molecule has 0 fully saturated rings. The molecular weight excluding hydrogens is 192 g/mol. The van der Waals surface area contributed by atoms with Gasteiger partial charge in [0.25, 0.3) is 0 Å². The molecular formula is C16H20. The molecule has 1 aromatic carbocycles. The highest BCUT2D eigenvalue weighted by molar-refractivity contribution is 5.67. The Kier molecular flexibility index (Phi) is 2.82. The number of allylic oxidation sites excluding steroid dienone is 2. The maximum atomic E-state index is 2.46. The van der Waals surface area contributed by atoms with Crippen molar-refractivity contribution in [3.8, 4) is 0 Å². The predicted molar refractivity (Wildman–Crippen MR) is 69.5 cm³/mol. The zero-order valence-electron chi connectivity index (χ0n) is 9.97. The highest BCUT2D eigenvalue weighted by atomic mass is 14.2. The monoisotopic (exact) mass is 212 g/mol. The number of benzene rings is 1. The molecule has 0 aromatic heterocycles. The zero-order valence-corrected chi connectivity index (χ0v) is 9.97. The normalized spacial score (nSPS) is 20.1. The van der Waals surface area contributed by atoms with Gasteiger partial charge in [0.05, 0.1) is 0 Å². The fraction of sp³-hybridized carbons (Fsp3) is 0.500. The lowest BCUT2D eigenvalue weighted by Crippen LogP contribution is -2.03. The quantitative estimate of drug-likeness (QED) is 0.642. The fourth-order valence-electron chi connectivity index (χ4n) is 3.03. The summed E-state index contributed by atoms with van der Waals surface area (Å²) in [4.78, 5) is 0. The SMILES string of the molecule is C1=C(c2ccc3c(c2)CCCC3)CCCC1. The Morgan fingerprint density at radius 2 is 1.56 bits per heavy atom. The number of aryl methyl sites for hydroxylation is 2. The van der Waals surface area contributed by atoms with Gasteiger partial charge in [-0.1, -0.05) is 24.3 Å². The molecule has 84 valence electrons. The molecule has 16 heavy (non-hydrogen) atoms. The van der Waals surface area contributed by atoms with Crippen LogP contribution in [0.4, 0.5) is 0 Å². The van der Waals surface area contributed by atoms with Crippen molar-refractivity contribution in [1.29, 1.82) is 0 Å². The Morgan fingerprint density at radius 1 is 0.750 bits per heavy atom. The molecule has 0 nitrogen and oxygen atoms in total. The first-order valence-corrected chi connectivity index (χ1v) is 6.75. The minimum Gasteiger partial charge on any atom is -0.0807 e. The Labute approximate surface area is 98.4 Å². The Hall–Kier alpha value is -1.04. The molecule has 0 unspecified atom stereocenters. The van der Waals surface area contributed by atoms with Gasteiger partial charge in [0.2, 0.25) is 0 Å². The van der Waals surface area contributed by atoms with Crippen LogP contribution in [0, 0.1) is 0 Å². The highest BCUT2D eigenvalue weighted by Gasteiger charge is 2.12. The minimum absolute atomic E-state index is 1.28. The molecule has 2 aliphatic rings. The van der Waals surface area contributed by atoms with Crippen LogP contribution in [0.15, 0.2) is 24.3 Å². The van der Waals surface area contributed by atoms with Crippen molar-refractivity contribution in [2.45, 2.75) is 51.4 Å². The highest BCUT2D eigenvalue weighted by Crippen LogP contribution is 2.30. The summed E-state index contributed by atoms with van der Waals surface area (Å²) >= 11 is 0. The van der Waals surface area contributed by atoms with E-state index >= 15 is 0 Å². The number of fused-ring (bicyclic) bond motifs is 1. The largest absolute Gasteiger partial charge is 0.0807 e. The molecule has 0 radical (unpaired) electrons. The van der Waals surface area contributed by atoms with Crippen LogP contribution >= 0.6 is 0 Å². The summed E-state index contributed by atoms with van der Waals surface area (Å²) in [5.74, 6) is 0. The lowest BCUT2D eigenvalue weighted by atomic mass is 9.87. The van der Waals surface area contributed by atoms with E-state index in [1.54, 1.807) is 16.7 Å². The molecule has 0 saturated heterocycles. The smallest absolute Gasteiger partial charge is 0.0225 e. The van der Waals surface area contributed by atoms with Crippen LogP contribution in [-0.4, -0.2) is 0 Å². The van der Waals surface area contributed by atoms with E-state index in [0.29, 0.717) is 0 Å². The molecule has 0 aliphatic heterocycles. The van der Waals surface area contributed by atoms with E-state index in [0.717, 1.165) is 0 Å². The van der Waals surface area contributed by atoms with Gasteiger partial charge in [-0.15, -0.1) is 0 Å². The van der Waals surface area contributed by atoms with Crippen molar-refractivity contribution in [2.24, 2.45) is 0 Å². The third-order valence-corrected chi connectivity index (χ3v) is 4.01. The first kappa shape index (κ1) is 10.1. The number of rotatable bonds is 1. The van der Waals surface area contributed by atoms with Gasteiger partial charge in [-0.25, -0.2) is 0 Å². The lowest BCUT2D eigenvalue weighted by Gasteiger charge is -2.19. The predicted octanol–water partition coefficient (Wildman–Crippen LogP) is 4.52. The molecule has 3 rings (SSSR count). The summed E-state index contributed by atoms with van der Waals surface area (Å²) in [6.45, 7) is 0. The summed E-state index contributed by atoms with van der Waals surface area (Å²) in [7, 11) is 0. The van der Waals surface area contributed by atoms with E-state index in [1.807, 2.05) is 0 Å². The number of hydrogen-bond acceptors (Lipinski definition) is 0. The van der Waals surface area contributed by atoms with Gasteiger partial charge in [0.15, 0.2) is 0 Å². The molecule has 1 aromatic rings. The van der Waals surface area contributed by atoms with Crippen LogP contribution in [0.2, 0.25) is 0 Å². The molecule has 0 bridgehead atoms. The molecule has 0 saturated carbocycles.